The van der Waals surface area contributed by atoms with Gasteiger partial charge in [-0.3, -0.25) is 4.79 Å². The van der Waals surface area contributed by atoms with Crippen molar-refractivity contribution in [2.45, 2.75) is 13.3 Å². The number of phenols is 1. The lowest BCUT2D eigenvalue weighted by Crippen LogP contribution is -2.05. The maximum absolute atomic E-state index is 12.2. The van der Waals surface area contributed by atoms with Gasteiger partial charge in [0, 0.05) is 16.5 Å². The average molecular weight is 295 g/mol. The third kappa shape index (κ3) is 3.28. The Labute approximate surface area is 121 Å². The van der Waals surface area contributed by atoms with Crippen molar-refractivity contribution >= 4 is 29.0 Å². The van der Waals surface area contributed by atoms with Crippen LogP contribution in [0, 0.1) is 6.92 Å². The standard InChI is InChI=1S/C15H12Cl2O2/c1-9-2-3-11(16)6-10(9)7-14(18)13-5-4-12(17)8-15(13)19/h2-6,8,19H,7H2,1H3. The monoisotopic (exact) mass is 294 g/mol. The van der Waals surface area contributed by atoms with E-state index in [1.807, 2.05) is 13.0 Å². The molecule has 0 aliphatic heterocycles. The molecule has 0 bridgehead atoms. The van der Waals surface area contributed by atoms with Gasteiger partial charge in [0.2, 0.25) is 0 Å². The molecule has 0 unspecified atom stereocenters. The molecule has 0 aliphatic rings. The zero-order chi connectivity index (χ0) is 14.0. The summed E-state index contributed by atoms with van der Waals surface area (Å²) in [5.74, 6) is -0.267. The van der Waals surface area contributed by atoms with Gasteiger partial charge in [-0.05, 0) is 48.4 Å². The van der Waals surface area contributed by atoms with Gasteiger partial charge in [0.05, 0.1) is 5.56 Å². The topological polar surface area (TPSA) is 37.3 Å². The molecule has 0 aliphatic carbocycles. The summed E-state index contributed by atoms with van der Waals surface area (Å²) in [5.41, 5.74) is 2.11. The van der Waals surface area contributed by atoms with Crippen LogP contribution in [-0.4, -0.2) is 10.9 Å². The molecule has 0 amide bonds. The summed E-state index contributed by atoms with van der Waals surface area (Å²) < 4.78 is 0. The second-order valence-corrected chi connectivity index (χ2v) is 5.21. The van der Waals surface area contributed by atoms with E-state index in [2.05, 4.69) is 0 Å². The number of aryl methyl sites for hydroxylation is 1. The molecule has 2 aromatic carbocycles. The van der Waals surface area contributed by atoms with Gasteiger partial charge in [-0.2, -0.15) is 0 Å². The quantitative estimate of drug-likeness (QED) is 0.850. The molecule has 0 aromatic heterocycles. The molecule has 4 heteroatoms. The SMILES string of the molecule is Cc1ccc(Cl)cc1CC(=O)c1ccc(Cl)cc1O. The van der Waals surface area contributed by atoms with Crippen molar-refractivity contribution in [1.29, 1.82) is 0 Å². The summed E-state index contributed by atoms with van der Waals surface area (Å²) in [5, 5.41) is 10.7. The van der Waals surface area contributed by atoms with Crippen LogP contribution in [0.3, 0.4) is 0 Å². The third-order valence-corrected chi connectivity index (χ3v) is 3.39. The second kappa shape index (κ2) is 5.64. The van der Waals surface area contributed by atoms with E-state index in [1.54, 1.807) is 18.2 Å². The number of rotatable bonds is 3. The van der Waals surface area contributed by atoms with Gasteiger partial charge in [-0.25, -0.2) is 0 Å². The number of hydrogen-bond donors (Lipinski definition) is 1. The number of phenolic OH excluding ortho intramolecular Hbond substituents is 1. The number of benzene rings is 2. The van der Waals surface area contributed by atoms with Crippen molar-refractivity contribution in [2.75, 3.05) is 0 Å². The minimum absolute atomic E-state index is 0.0998. The first-order valence-corrected chi connectivity index (χ1v) is 6.49. The molecule has 0 saturated carbocycles. The number of halogens is 2. The van der Waals surface area contributed by atoms with Crippen LogP contribution in [0.1, 0.15) is 21.5 Å². The molecule has 1 N–H and O–H groups in total. The lowest BCUT2D eigenvalue weighted by Gasteiger charge is -2.07. The van der Waals surface area contributed by atoms with E-state index in [0.717, 1.165) is 11.1 Å². The molecule has 0 radical (unpaired) electrons. The Bertz CT molecular complexity index is 636. The zero-order valence-electron chi connectivity index (χ0n) is 10.3. The number of Topliss-reactive ketones (excluding diaryl/α,β-unsaturated/α-hetero) is 1. The predicted molar refractivity (Wildman–Crippen MR) is 77.3 cm³/mol. The summed E-state index contributed by atoms with van der Waals surface area (Å²) in [6.45, 7) is 1.92. The number of carbonyl (C=O) groups is 1. The molecule has 2 rings (SSSR count). The molecule has 0 spiro atoms. The van der Waals surface area contributed by atoms with Crippen molar-refractivity contribution in [3.8, 4) is 5.75 Å². The van der Waals surface area contributed by atoms with E-state index in [1.165, 1.54) is 12.1 Å². The van der Waals surface area contributed by atoms with Gasteiger partial charge >= 0.3 is 0 Å². The van der Waals surface area contributed by atoms with E-state index in [-0.39, 0.29) is 23.5 Å². The van der Waals surface area contributed by atoms with Crippen LogP contribution in [0.2, 0.25) is 10.0 Å². The fourth-order valence-electron chi connectivity index (χ4n) is 1.84. The summed E-state index contributed by atoms with van der Waals surface area (Å²) >= 11 is 11.7. The Morgan fingerprint density at radius 2 is 1.74 bits per heavy atom. The van der Waals surface area contributed by atoms with Crippen molar-refractivity contribution in [3.63, 3.8) is 0 Å². The first-order valence-electron chi connectivity index (χ1n) is 5.74. The van der Waals surface area contributed by atoms with Crippen molar-refractivity contribution in [3.05, 3.63) is 63.1 Å². The van der Waals surface area contributed by atoms with E-state index in [0.29, 0.717) is 10.0 Å². The normalized spacial score (nSPS) is 10.5. The molecular weight excluding hydrogens is 283 g/mol. The first kappa shape index (κ1) is 13.9. The molecule has 0 atom stereocenters. The van der Waals surface area contributed by atoms with E-state index < -0.39 is 0 Å². The minimum atomic E-state index is -0.167. The Hall–Kier alpha value is -1.51. The van der Waals surface area contributed by atoms with Gasteiger partial charge in [0.25, 0.3) is 0 Å². The van der Waals surface area contributed by atoms with Gasteiger partial charge in [-0.15, -0.1) is 0 Å². The maximum atomic E-state index is 12.2. The fraction of sp³-hybridized carbons (Fsp3) is 0.133. The number of hydrogen-bond acceptors (Lipinski definition) is 2. The fourth-order valence-corrected chi connectivity index (χ4v) is 2.20. The van der Waals surface area contributed by atoms with E-state index in [4.69, 9.17) is 23.2 Å². The molecule has 0 fully saturated rings. The van der Waals surface area contributed by atoms with E-state index in [9.17, 15) is 9.90 Å². The molecule has 19 heavy (non-hydrogen) atoms. The maximum Gasteiger partial charge on any atom is 0.170 e. The van der Waals surface area contributed by atoms with Gasteiger partial charge in [-0.1, -0.05) is 29.3 Å². The van der Waals surface area contributed by atoms with E-state index >= 15 is 0 Å². The van der Waals surface area contributed by atoms with Gasteiger partial charge in [0.15, 0.2) is 5.78 Å². The Balaban J connectivity index is 2.28. The second-order valence-electron chi connectivity index (χ2n) is 4.33. The smallest absolute Gasteiger partial charge is 0.170 e. The van der Waals surface area contributed by atoms with Crippen LogP contribution in [-0.2, 0) is 6.42 Å². The summed E-state index contributed by atoms with van der Waals surface area (Å²) in [6, 6.07) is 9.89. The number of aromatic hydroxyl groups is 1. The van der Waals surface area contributed by atoms with Gasteiger partial charge < -0.3 is 5.11 Å². The molecule has 2 nitrogen and oxygen atoms in total. The summed E-state index contributed by atoms with van der Waals surface area (Å²) in [4.78, 5) is 12.2. The Kier molecular flexibility index (Phi) is 4.13. The average Bonchev–Trinajstić information content (AvgIpc) is 2.33. The molecule has 0 heterocycles. The Morgan fingerprint density at radius 1 is 1.11 bits per heavy atom. The predicted octanol–water partition coefficient (Wildman–Crippen LogP) is 4.43. The Morgan fingerprint density at radius 3 is 2.42 bits per heavy atom. The van der Waals surface area contributed by atoms with Crippen molar-refractivity contribution < 1.29 is 9.90 Å². The molecule has 2 aromatic rings. The van der Waals surface area contributed by atoms with Crippen LogP contribution < -0.4 is 0 Å². The van der Waals surface area contributed by atoms with Crippen LogP contribution in [0.25, 0.3) is 0 Å². The van der Waals surface area contributed by atoms with Crippen molar-refractivity contribution in [2.24, 2.45) is 0 Å². The largest absolute Gasteiger partial charge is 0.507 e. The highest BCUT2D eigenvalue weighted by Crippen LogP contribution is 2.24. The summed E-state index contributed by atoms with van der Waals surface area (Å²) in [7, 11) is 0. The summed E-state index contributed by atoms with van der Waals surface area (Å²) in [6.07, 6.45) is 0.196. The lowest BCUT2D eigenvalue weighted by atomic mass is 9.99. The molecule has 98 valence electrons. The van der Waals surface area contributed by atoms with Crippen LogP contribution >= 0.6 is 23.2 Å². The highest BCUT2D eigenvalue weighted by atomic mass is 35.5. The molecule has 0 saturated heterocycles. The highest BCUT2D eigenvalue weighted by molar-refractivity contribution is 6.31. The zero-order valence-corrected chi connectivity index (χ0v) is 11.8. The van der Waals surface area contributed by atoms with Crippen LogP contribution in [0.5, 0.6) is 5.75 Å². The third-order valence-electron chi connectivity index (χ3n) is 2.92. The van der Waals surface area contributed by atoms with Gasteiger partial charge in [0.1, 0.15) is 5.75 Å². The lowest BCUT2D eigenvalue weighted by molar-refractivity contribution is 0.0990. The number of ketones is 1. The van der Waals surface area contributed by atoms with Crippen LogP contribution in [0.4, 0.5) is 0 Å². The minimum Gasteiger partial charge on any atom is -0.507 e. The van der Waals surface area contributed by atoms with Crippen LogP contribution in [0.15, 0.2) is 36.4 Å². The number of carbonyl (C=O) groups excluding carboxylic acids is 1. The highest BCUT2D eigenvalue weighted by Gasteiger charge is 2.13. The van der Waals surface area contributed by atoms with Crippen molar-refractivity contribution in [1.82, 2.24) is 0 Å². The molecular formula is C15H12Cl2O2. The first-order chi connectivity index (χ1) is 8.97.